The number of halogens is 1. The van der Waals surface area contributed by atoms with Gasteiger partial charge in [0.05, 0.1) is 11.5 Å². The topological polar surface area (TPSA) is 20.2 Å². The number of rotatable bonds is 3. The Morgan fingerprint density at radius 2 is 1.85 bits per heavy atom. The maximum absolute atomic E-state index is 9.63. The highest BCUT2D eigenvalue weighted by Gasteiger charge is 2.12. The van der Waals surface area contributed by atoms with Gasteiger partial charge in [-0.2, -0.15) is 0 Å². The number of aliphatic hydroxyl groups is 1. The number of hydrogen-bond donors (Lipinski definition) is 1. The van der Waals surface area contributed by atoms with Crippen molar-refractivity contribution in [2.24, 2.45) is 0 Å². The molecule has 1 aromatic rings. The zero-order chi connectivity index (χ0) is 9.84. The van der Waals surface area contributed by atoms with Gasteiger partial charge in [-0.3, -0.25) is 0 Å². The van der Waals surface area contributed by atoms with Gasteiger partial charge < -0.3 is 5.11 Å². The lowest BCUT2D eigenvalue weighted by Gasteiger charge is -2.13. The van der Waals surface area contributed by atoms with Gasteiger partial charge >= 0.3 is 0 Å². The van der Waals surface area contributed by atoms with E-state index in [2.05, 4.69) is 6.92 Å². The minimum absolute atomic E-state index is 0.243. The van der Waals surface area contributed by atoms with Crippen LogP contribution in [0.1, 0.15) is 31.1 Å². The third-order valence-electron chi connectivity index (χ3n) is 2.16. The van der Waals surface area contributed by atoms with Crippen LogP contribution in [-0.2, 0) is 6.42 Å². The molecule has 0 aliphatic heterocycles. The molecule has 0 fully saturated rings. The van der Waals surface area contributed by atoms with E-state index in [0.29, 0.717) is 0 Å². The Labute approximate surface area is 84.4 Å². The van der Waals surface area contributed by atoms with Gasteiger partial charge in [0.15, 0.2) is 0 Å². The van der Waals surface area contributed by atoms with E-state index in [9.17, 15) is 5.11 Å². The molecule has 0 amide bonds. The zero-order valence-corrected chi connectivity index (χ0v) is 8.75. The molecule has 0 saturated heterocycles. The highest BCUT2D eigenvalue weighted by atomic mass is 35.5. The molecule has 2 unspecified atom stereocenters. The van der Waals surface area contributed by atoms with Crippen LogP contribution in [0.25, 0.3) is 0 Å². The first kappa shape index (κ1) is 10.6. The predicted molar refractivity (Wildman–Crippen MR) is 56.1 cm³/mol. The fourth-order valence-corrected chi connectivity index (χ4v) is 1.36. The molecular formula is C11H15ClO. The smallest absolute Gasteiger partial charge is 0.0950 e. The summed E-state index contributed by atoms with van der Waals surface area (Å²) < 4.78 is 0. The summed E-state index contributed by atoms with van der Waals surface area (Å²) in [5.41, 5.74) is 2.16. The molecule has 13 heavy (non-hydrogen) atoms. The molecule has 0 spiro atoms. The Balaban J connectivity index is 2.79. The van der Waals surface area contributed by atoms with E-state index < -0.39 is 6.10 Å². The van der Waals surface area contributed by atoms with Gasteiger partial charge in [0, 0.05) is 0 Å². The minimum atomic E-state index is -0.562. The van der Waals surface area contributed by atoms with Crippen LogP contribution < -0.4 is 0 Å². The summed E-state index contributed by atoms with van der Waals surface area (Å²) in [6.07, 6.45) is 0.458. The van der Waals surface area contributed by atoms with Crippen molar-refractivity contribution in [2.75, 3.05) is 0 Å². The maximum Gasteiger partial charge on any atom is 0.0950 e. The van der Waals surface area contributed by atoms with E-state index in [1.165, 1.54) is 5.56 Å². The molecule has 2 heteroatoms. The SMILES string of the molecule is CCc1ccc(C(O)C(C)Cl)cc1. The number of hydrogen-bond acceptors (Lipinski definition) is 1. The van der Waals surface area contributed by atoms with Crippen molar-refractivity contribution in [1.29, 1.82) is 0 Å². The predicted octanol–water partition coefficient (Wildman–Crippen LogP) is 2.91. The van der Waals surface area contributed by atoms with E-state index in [1.807, 2.05) is 24.3 Å². The van der Waals surface area contributed by atoms with E-state index in [4.69, 9.17) is 11.6 Å². The van der Waals surface area contributed by atoms with Crippen molar-refractivity contribution in [2.45, 2.75) is 31.7 Å². The van der Waals surface area contributed by atoms with Crippen LogP contribution in [0, 0.1) is 0 Å². The van der Waals surface area contributed by atoms with Crippen molar-refractivity contribution in [3.63, 3.8) is 0 Å². The highest BCUT2D eigenvalue weighted by Crippen LogP contribution is 2.20. The van der Waals surface area contributed by atoms with Gasteiger partial charge in [0.2, 0.25) is 0 Å². The Kier molecular flexibility index (Phi) is 3.76. The second-order valence-corrected chi connectivity index (χ2v) is 3.91. The number of aryl methyl sites for hydroxylation is 1. The van der Waals surface area contributed by atoms with Crippen molar-refractivity contribution >= 4 is 11.6 Å². The first-order chi connectivity index (χ1) is 6.15. The Morgan fingerprint density at radius 1 is 1.31 bits per heavy atom. The average Bonchev–Trinajstić information content (AvgIpc) is 2.17. The van der Waals surface area contributed by atoms with Gasteiger partial charge in [-0.05, 0) is 24.5 Å². The van der Waals surface area contributed by atoms with Gasteiger partial charge in [-0.1, -0.05) is 31.2 Å². The Bertz CT molecular complexity index is 253. The molecule has 1 aromatic carbocycles. The molecule has 1 rings (SSSR count). The second-order valence-electron chi connectivity index (χ2n) is 3.22. The summed E-state index contributed by atoms with van der Waals surface area (Å²) >= 11 is 5.79. The van der Waals surface area contributed by atoms with E-state index >= 15 is 0 Å². The second kappa shape index (κ2) is 4.64. The molecule has 0 aliphatic rings. The third kappa shape index (κ3) is 2.71. The fourth-order valence-electron chi connectivity index (χ4n) is 1.22. The first-order valence-corrected chi connectivity index (χ1v) is 4.99. The monoisotopic (exact) mass is 198 g/mol. The summed E-state index contributed by atoms with van der Waals surface area (Å²) in [5, 5.41) is 9.39. The van der Waals surface area contributed by atoms with Crippen LogP contribution >= 0.6 is 11.6 Å². The van der Waals surface area contributed by atoms with Crippen molar-refractivity contribution in [1.82, 2.24) is 0 Å². The van der Waals surface area contributed by atoms with Gasteiger partial charge in [-0.25, -0.2) is 0 Å². The molecule has 0 heterocycles. The van der Waals surface area contributed by atoms with Crippen molar-refractivity contribution in [3.05, 3.63) is 35.4 Å². The normalized spacial score (nSPS) is 15.4. The van der Waals surface area contributed by atoms with Crippen LogP contribution in [0.3, 0.4) is 0 Å². The largest absolute Gasteiger partial charge is 0.387 e. The number of alkyl halides is 1. The van der Waals surface area contributed by atoms with E-state index in [1.54, 1.807) is 6.92 Å². The molecule has 0 saturated carbocycles. The summed E-state index contributed by atoms with van der Waals surface area (Å²) in [7, 11) is 0. The van der Waals surface area contributed by atoms with Crippen LogP contribution in [0.5, 0.6) is 0 Å². The molecule has 0 radical (unpaired) electrons. The lowest BCUT2D eigenvalue weighted by molar-refractivity contribution is 0.177. The third-order valence-corrected chi connectivity index (χ3v) is 2.40. The summed E-state index contributed by atoms with van der Waals surface area (Å²) in [5.74, 6) is 0. The Morgan fingerprint density at radius 3 is 2.23 bits per heavy atom. The van der Waals surface area contributed by atoms with Crippen LogP contribution in [0.15, 0.2) is 24.3 Å². The fraction of sp³-hybridized carbons (Fsp3) is 0.455. The first-order valence-electron chi connectivity index (χ1n) is 4.56. The molecular weight excluding hydrogens is 184 g/mol. The molecule has 1 N–H and O–H groups in total. The quantitative estimate of drug-likeness (QED) is 0.741. The van der Waals surface area contributed by atoms with E-state index in [0.717, 1.165) is 12.0 Å². The van der Waals surface area contributed by atoms with Gasteiger partial charge in [0.25, 0.3) is 0 Å². The van der Waals surface area contributed by atoms with Crippen LogP contribution in [-0.4, -0.2) is 10.5 Å². The molecule has 72 valence electrons. The number of benzene rings is 1. The van der Waals surface area contributed by atoms with E-state index in [-0.39, 0.29) is 5.38 Å². The molecule has 0 bridgehead atoms. The summed E-state index contributed by atoms with van der Waals surface area (Å²) in [6.45, 7) is 3.90. The van der Waals surface area contributed by atoms with Crippen LogP contribution in [0.2, 0.25) is 0 Å². The highest BCUT2D eigenvalue weighted by molar-refractivity contribution is 6.20. The molecule has 1 nitrogen and oxygen atoms in total. The molecule has 0 aliphatic carbocycles. The van der Waals surface area contributed by atoms with Crippen molar-refractivity contribution < 1.29 is 5.11 Å². The minimum Gasteiger partial charge on any atom is -0.387 e. The number of aliphatic hydroxyl groups excluding tert-OH is 1. The van der Waals surface area contributed by atoms with Gasteiger partial charge in [0.1, 0.15) is 0 Å². The van der Waals surface area contributed by atoms with Gasteiger partial charge in [-0.15, -0.1) is 11.6 Å². The lowest BCUT2D eigenvalue weighted by Crippen LogP contribution is -2.07. The standard InChI is InChI=1S/C11H15ClO/c1-3-9-4-6-10(7-5-9)11(13)8(2)12/h4-8,11,13H,3H2,1-2H3. The molecule has 2 atom stereocenters. The molecule has 0 aromatic heterocycles. The zero-order valence-electron chi connectivity index (χ0n) is 8.00. The average molecular weight is 199 g/mol. The Hall–Kier alpha value is -0.530. The summed E-state index contributed by atoms with van der Waals surface area (Å²) in [6, 6.07) is 7.92. The summed E-state index contributed by atoms with van der Waals surface area (Å²) in [4.78, 5) is 0. The lowest BCUT2D eigenvalue weighted by atomic mass is 10.0. The van der Waals surface area contributed by atoms with Crippen molar-refractivity contribution in [3.8, 4) is 0 Å². The maximum atomic E-state index is 9.63. The van der Waals surface area contributed by atoms with Crippen LogP contribution in [0.4, 0.5) is 0 Å².